The van der Waals surface area contributed by atoms with Crippen LogP contribution in [0.4, 0.5) is 11.6 Å². The van der Waals surface area contributed by atoms with E-state index in [1.54, 1.807) is 0 Å². The Kier molecular flexibility index (Phi) is 4.78. The van der Waals surface area contributed by atoms with Crippen LogP contribution in [0, 0.1) is 0 Å². The monoisotopic (exact) mass is 362 g/mol. The highest BCUT2D eigenvalue weighted by atomic mass is 16.3. The summed E-state index contributed by atoms with van der Waals surface area (Å²) in [6.07, 6.45) is 0.358. The number of anilines is 2. The summed E-state index contributed by atoms with van der Waals surface area (Å²) in [5.74, 6) is 0.241. The number of hydrogen-bond donors (Lipinski definition) is 2. The van der Waals surface area contributed by atoms with Gasteiger partial charge in [-0.1, -0.05) is 48.5 Å². The summed E-state index contributed by atoms with van der Waals surface area (Å²) in [5.41, 5.74) is 2.17. The lowest BCUT2D eigenvalue weighted by atomic mass is 10.1. The Bertz CT molecular complexity index is 949. The Morgan fingerprint density at radius 3 is 2.11 bits per heavy atom. The van der Waals surface area contributed by atoms with Gasteiger partial charge < -0.3 is 14.9 Å². The van der Waals surface area contributed by atoms with Crippen molar-refractivity contribution in [2.75, 3.05) is 36.0 Å². The maximum absolute atomic E-state index is 12.5. The number of benzene rings is 2. The molecule has 1 fully saturated rings. The van der Waals surface area contributed by atoms with Crippen molar-refractivity contribution < 1.29 is 5.11 Å². The van der Waals surface area contributed by atoms with E-state index in [0.29, 0.717) is 17.9 Å². The molecule has 0 atom stereocenters. The first-order valence-electron chi connectivity index (χ1n) is 9.12. The molecule has 0 bridgehead atoms. The summed E-state index contributed by atoms with van der Waals surface area (Å²) in [4.78, 5) is 23.9. The van der Waals surface area contributed by atoms with Crippen LogP contribution in [0.2, 0.25) is 0 Å². The number of rotatable bonds is 4. The summed E-state index contributed by atoms with van der Waals surface area (Å²) in [6, 6.07) is 19.9. The van der Waals surface area contributed by atoms with Gasteiger partial charge in [0.2, 0.25) is 11.8 Å². The molecule has 1 aliphatic heterocycles. The maximum atomic E-state index is 12.5. The van der Waals surface area contributed by atoms with Crippen molar-refractivity contribution in [1.82, 2.24) is 9.97 Å². The van der Waals surface area contributed by atoms with Crippen LogP contribution in [-0.4, -0.2) is 41.3 Å². The van der Waals surface area contributed by atoms with E-state index in [-0.39, 0.29) is 11.4 Å². The molecular formula is C21H22N4O2. The zero-order valence-corrected chi connectivity index (χ0v) is 15.0. The maximum Gasteiger partial charge on any atom is 0.259 e. The van der Waals surface area contributed by atoms with Gasteiger partial charge in [-0.2, -0.15) is 4.98 Å². The Labute approximate surface area is 157 Å². The summed E-state index contributed by atoms with van der Waals surface area (Å²) < 4.78 is 0. The van der Waals surface area contributed by atoms with Gasteiger partial charge in [0.1, 0.15) is 0 Å². The summed E-state index contributed by atoms with van der Waals surface area (Å²) >= 11 is 0. The standard InChI is InChI=1S/C21H22N4O2/c26-19-18(15-16-7-3-1-4-8-16)20(27)23-21(22-19)25-13-11-24(12-14-25)17-9-5-2-6-10-17/h1-10H,11-15H2,(H2,22,23,26,27). The lowest BCUT2D eigenvalue weighted by Gasteiger charge is -2.36. The molecule has 4 rings (SSSR count). The zero-order chi connectivity index (χ0) is 18.6. The van der Waals surface area contributed by atoms with Crippen LogP contribution in [0.25, 0.3) is 0 Å². The van der Waals surface area contributed by atoms with Crippen LogP contribution in [-0.2, 0) is 6.42 Å². The second kappa shape index (κ2) is 7.53. The number of aromatic nitrogens is 2. The van der Waals surface area contributed by atoms with E-state index in [1.165, 1.54) is 5.69 Å². The highest BCUT2D eigenvalue weighted by molar-refractivity contribution is 5.48. The molecule has 0 radical (unpaired) electrons. The number of piperazine rings is 1. The fraction of sp³-hybridized carbons (Fsp3) is 0.238. The van der Waals surface area contributed by atoms with Gasteiger partial charge in [0.05, 0.1) is 5.56 Å². The van der Waals surface area contributed by atoms with Gasteiger partial charge in [0.25, 0.3) is 5.56 Å². The molecule has 1 aliphatic rings. The fourth-order valence-corrected chi connectivity index (χ4v) is 3.40. The van der Waals surface area contributed by atoms with Crippen LogP contribution < -0.4 is 15.4 Å². The highest BCUT2D eigenvalue weighted by Gasteiger charge is 2.21. The van der Waals surface area contributed by atoms with Gasteiger partial charge in [0, 0.05) is 38.3 Å². The van der Waals surface area contributed by atoms with Crippen molar-refractivity contribution in [2.24, 2.45) is 0 Å². The number of para-hydroxylation sites is 1. The Morgan fingerprint density at radius 1 is 0.889 bits per heavy atom. The van der Waals surface area contributed by atoms with Crippen molar-refractivity contribution >= 4 is 11.6 Å². The molecule has 138 valence electrons. The van der Waals surface area contributed by atoms with E-state index in [1.807, 2.05) is 53.4 Å². The molecule has 2 aromatic carbocycles. The molecule has 0 saturated carbocycles. The molecule has 0 aliphatic carbocycles. The first-order valence-corrected chi connectivity index (χ1v) is 9.12. The van der Waals surface area contributed by atoms with Crippen molar-refractivity contribution in [2.45, 2.75) is 6.42 Å². The van der Waals surface area contributed by atoms with E-state index in [0.717, 1.165) is 31.7 Å². The van der Waals surface area contributed by atoms with Crippen LogP contribution in [0.1, 0.15) is 11.1 Å². The molecular weight excluding hydrogens is 340 g/mol. The number of aromatic hydroxyl groups is 1. The quantitative estimate of drug-likeness (QED) is 0.746. The molecule has 2 N–H and O–H groups in total. The van der Waals surface area contributed by atoms with Crippen LogP contribution in [0.15, 0.2) is 65.5 Å². The minimum absolute atomic E-state index is 0.192. The van der Waals surface area contributed by atoms with Gasteiger partial charge in [-0.15, -0.1) is 0 Å². The van der Waals surface area contributed by atoms with E-state index in [2.05, 4.69) is 27.0 Å². The van der Waals surface area contributed by atoms with Gasteiger partial charge in [0.15, 0.2) is 0 Å². The van der Waals surface area contributed by atoms with E-state index in [9.17, 15) is 9.90 Å². The van der Waals surface area contributed by atoms with Crippen LogP contribution >= 0.6 is 0 Å². The Balaban J connectivity index is 1.48. The van der Waals surface area contributed by atoms with E-state index < -0.39 is 0 Å². The first-order chi connectivity index (χ1) is 13.2. The SMILES string of the molecule is O=c1[nH]c(N2CCN(c3ccccc3)CC2)nc(O)c1Cc1ccccc1. The van der Waals surface area contributed by atoms with Crippen molar-refractivity contribution in [1.29, 1.82) is 0 Å². The molecule has 0 amide bonds. The van der Waals surface area contributed by atoms with Gasteiger partial charge in [-0.05, 0) is 17.7 Å². The van der Waals surface area contributed by atoms with Crippen molar-refractivity contribution in [3.8, 4) is 5.88 Å². The molecule has 1 saturated heterocycles. The van der Waals surface area contributed by atoms with Crippen molar-refractivity contribution in [3.63, 3.8) is 0 Å². The minimum Gasteiger partial charge on any atom is -0.493 e. The molecule has 0 spiro atoms. The third-order valence-corrected chi connectivity index (χ3v) is 4.91. The zero-order valence-electron chi connectivity index (χ0n) is 15.0. The first kappa shape index (κ1) is 17.1. The summed E-state index contributed by atoms with van der Waals surface area (Å²) in [5, 5.41) is 10.3. The fourth-order valence-electron chi connectivity index (χ4n) is 3.40. The largest absolute Gasteiger partial charge is 0.493 e. The minimum atomic E-state index is -0.285. The van der Waals surface area contributed by atoms with Gasteiger partial charge >= 0.3 is 0 Å². The molecule has 2 heterocycles. The number of aromatic amines is 1. The predicted octanol–water partition coefficient (Wildman–Crippen LogP) is 2.39. The predicted molar refractivity (Wildman–Crippen MR) is 107 cm³/mol. The smallest absolute Gasteiger partial charge is 0.259 e. The average molecular weight is 362 g/mol. The highest BCUT2D eigenvalue weighted by Crippen LogP contribution is 2.20. The molecule has 3 aromatic rings. The molecule has 1 aromatic heterocycles. The number of hydrogen-bond acceptors (Lipinski definition) is 5. The second-order valence-corrected chi connectivity index (χ2v) is 6.66. The van der Waals surface area contributed by atoms with Crippen molar-refractivity contribution in [3.05, 3.63) is 82.1 Å². The number of nitrogens with zero attached hydrogens (tertiary/aromatic N) is 3. The Hall–Kier alpha value is -3.28. The summed E-state index contributed by atoms with van der Waals surface area (Å²) in [6.45, 7) is 3.13. The molecule has 27 heavy (non-hydrogen) atoms. The third kappa shape index (κ3) is 3.79. The normalized spacial score (nSPS) is 14.4. The van der Waals surface area contributed by atoms with Crippen LogP contribution in [0.5, 0.6) is 5.88 Å². The molecule has 0 unspecified atom stereocenters. The lowest BCUT2D eigenvalue weighted by Crippen LogP contribution is -2.47. The third-order valence-electron chi connectivity index (χ3n) is 4.91. The Morgan fingerprint density at radius 2 is 1.48 bits per heavy atom. The number of H-pyrrole nitrogens is 1. The lowest BCUT2D eigenvalue weighted by molar-refractivity contribution is 0.443. The molecule has 6 heteroatoms. The van der Waals surface area contributed by atoms with Crippen LogP contribution in [0.3, 0.4) is 0 Å². The second-order valence-electron chi connectivity index (χ2n) is 6.66. The topological polar surface area (TPSA) is 72.5 Å². The summed E-state index contributed by atoms with van der Waals surface area (Å²) in [7, 11) is 0. The average Bonchev–Trinajstić information content (AvgIpc) is 2.72. The van der Waals surface area contributed by atoms with Gasteiger partial charge in [-0.3, -0.25) is 9.78 Å². The van der Waals surface area contributed by atoms with E-state index >= 15 is 0 Å². The van der Waals surface area contributed by atoms with E-state index in [4.69, 9.17) is 0 Å². The molecule has 6 nitrogen and oxygen atoms in total. The number of nitrogens with one attached hydrogen (secondary N) is 1. The van der Waals surface area contributed by atoms with Gasteiger partial charge in [-0.25, -0.2) is 0 Å².